The lowest BCUT2D eigenvalue weighted by atomic mass is 9.88. The first-order chi connectivity index (χ1) is 22.3. The minimum atomic E-state index is -4.59. The van der Waals surface area contributed by atoms with Gasteiger partial charge in [-0.05, 0) is 33.6 Å². The van der Waals surface area contributed by atoms with Crippen molar-refractivity contribution in [2.24, 2.45) is 17.8 Å². The molecule has 14 nitrogen and oxygen atoms in total. The van der Waals surface area contributed by atoms with E-state index in [1.165, 1.54) is 20.8 Å². The largest absolute Gasteiger partial charge is 0.463 e. The van der Waals surface area contributed by atoms with E-state index >= 15 is 0 Å². The van der Waals surface area contributed by atoms with E-state index in [1.54, 1.807) is 0 Å². The zero-order valence-corrected chi connectivity index (χ0v) is 26.6. The van der Waals surface area contributed by atoms with Crippen LogP contribution >= 0.6 is 0 Å². The molecule has 6 atom stereocenters. The van der Waals surface area contributed by atoms with Crippen LogP contribution in [0.2, 0.25) is 0 Å². The molecule has 0 aromatic carbocycles. The van der Waals surface area contributed by atoms with E-state index in [0.717, 1.165) is 12.8 Å². The number of esters is 7. The zero-order valence-electron chi connectivity index (χ0n) is 26.6. The Labute approximate surface area is 273 Å². The fourth-order valence-electron chi connectivity index (χ4n) is 4.94. The number of ether oxygens (including phenoxy) is 7. The number of carbonyl (C=O) groups excluding carboxylic acids is 7. The van der Waals surface area contributed by atoms with Crippen LogP contribution < -0.4 is 0 Å². The molecule has 2 bridgehead atoms. The Kier molecular flexibility index (Phi) is 14.4. The summed E-state index contributed by atoms with van der Waals surface area (Å²) in [6.07, 6.45) is -5.64. The van der Waals surface area contributed by atoms with Crippen molar-refractivity contribution in [2.45, 2.75) is 70.9 Å². The van der Waals surface area contributed by atoms with Gasteiger partial charge in [0.25, 0.3) is 0 Å². The summed E-state index contributed by atoms with van der Waals surface area (Å²) in [5.74, 6) is -4.16. The second-order valence-corrected chi connectivity index (χ2v) is 11.3. The smallest absolute Gasteiger partial charge is 0.399 e. The molecular weight excluding hydrogens is 653 g/mol. The summed E-state index contributed by atoms with van der Waals surface area (Å²) in [5, 5.41) is 0. The highest BCUT2D eigenvalue weighted by Crippen LogP contribution is 2.55. The Morgan fingerprint density at radius 3 is 1.92 bits per heavy atom. The molecule has 0 radical (unpaired) electrons. The second-order valence-electron chi connectivity index (χ2n) is 11.3. The topological polar surface area (TPSA) is 184 Å². The minimum Gasteiger partial charge on any atom is -0.463 e. The summed E-state index contributed by atoms with van der Waals surface area (Å²) >= 11 is 0. The van der Waals surface area contributed by atoms with Gasteiger partial charge in [0.05, 0.1) is 12.5 Å². The number of carbonyl (C=O) groups is 7. The van der Waals surface area contributed by atoms with Gasteiger partial charge in [-0.25, -0.2) is 24.0 Å². The lowest BCUT2D eigenvalue weighted by Crippen LogP contribution is -2.37. The third kappa shape index (κ3) is 12.2. The number of hydrogen-bond donors (Lipinski definition) is 0. The van der Waals surface area contributed by atoms with E-state index in [0.29, 0.717) is 13.0 Å². The molecule has 0 amide bonds. The van der Waals surface area contributed by atoms with Gasteiger partial charge in [-0.15, -0.1) is 0 Å². The molecule has 4 aliphatic rings. The maximum atomic E-state index is 11.7. The van der Waals surface area contributed by atoms with Crippen LogP contribution in [0.25, 0.3) is 0 Å². The van der Waals surface area contributed by atoms with Gasteiger partial charge in [0.15, 0.2) is 6.61 Å². The SMILES string of the molecule is C=C(C)C(=O)OC1CCOC1=O.C=C(C)C(=O)OCC(=O)OC1C2CC3C(=O)OC1C3C2.C=C(C)C(=O)OCCOC(=O)CC(F)(F)F. The molecule has 4 rings (SSSR count). The van der Waals surface area contributed by atoms with Crippen molar-refractivity contribution in [1.82, 2.24) is 0 Å². The molecule has 6 unspecified atom stereocenters. The Morgan fingerprint density at radius 1 is 0.792 bits per heavy atom. The predicted octanol–water partition coefficient (Wildman–Crippen LogP) is 2.62. The summed E-state index contributed by atoms with van der Waals surface area (Å²) in [6, 6.07) is 0. The number of hydrogen-bond acceptors (Lipinski definition) is 14. The summed E-state index contributed by atoms with van der Waals surface area (Å²) in [6.45, 7) is 13.7. The highest BCUT2D eigenvalue weighted by molar-refractivity contribution is 5.90. The van der Waals surface area contributed by atoms with Crippen LogP contribution in [0.15, 0.2) is 36.5 Å². The average Bonchev–Trinajstić information content (AvgIpc) is 3.73. The molecule has 17 heteroatoms. The molecule has 0 aromatic rings. The first kappa shape index (κ1) is 39.5. The van der Waals surface area contributed by atoms with Gasteiger partial charge in [-0.1, -0.05) is 19.7 Å². The summed E-state index contributed by atoms with van der Waals surface area (Å²) < 4.78 is 68.3. The maximum absolute atomic E-state index is 11.7. The lowest BCUT2D eigenvalue weighted by Gasteiger charge is -2.25. The van der Waals surface area contributed by atoms with Crippen LogP contribution in [0.5, 0.6) is 0 Å². The monoisotopic (exact) mass is 690 g/mol. The molecular formula is C31H37F3O14. The number of halogens is 3. The van der Waals surface area contributed by atoms with Gasteiger partial charge in [-0.2, -0.15) is 13.2 Å². The predicted molar refractivity (Wildman–Crippen MR) is 153 cm³/mol. The van der Waals surface area contributed by atoms with E-state index in [1.807, 2.05) is 0 Å². The molecule has 266 valence electrons. The van der Waals surface area contributed by atoms with Crippen LogP contribution in [-0.2, 0) is 66.7 Å². The Morgan fingerprint density at radius 2 is 1.38 bits per heavy atom. The molecule has 48 heavy (non-hydrogen) atoms. The van der Waals surface area contributed by atoms with E-state index in [9.17, 15) is 46.7 Å². The van der Waals surface area contributed by atoms with Crippen molar-refractivity contribution < 1.29 is 79.9 Å². The molecule has 4 fully saturated rings. The zero-order chi connectivity index (χ0) is 36.3. The number of alkyl halides is 3. The Bertz CT molecular complexity index is 1320. The first-order valence-electron chi connectivity index (χ1n) is 14.6. The molecule has 2 aliphatic heterocycles. The lowest BCUT2D eigenvalue weighted by molar-refractivity contribution is -0.173. The van der Waals surface area contributed by atoms with Crippen LogP contribution in [-0.4, -0.2) is 92.7 Å². The highest BCUT2D eigenvalue weighted by atomic mass is 19.4. The van der Waals surface area contributed by atoms with Gasteiger partial charge in [0.1, 0.15) is 31.8 Å². The quantitative estimate of drug-likeness (QED) is 0.133. The Hall–Kier alpha value is -4.70. The van der Waals surface area contributed by atoms with Crippen molar-refractivity contribution in [3.63, 3.8) is 0 Å². The fourth-order valence-corrected chi connectivity index (χ4v) is 4.94. The van der Waals surface area contributed by atoms with Gasteiger partial charge in [0, 0.05) is 35.0 Å². The molecule has 2 aliphatic carbocycles. The van der Waals surface area contributed by atoms with Crippen molar-refractivity contribution >= 4 is 41.8 Å². The van der Waals surface area contributed by atoms with Gasteiger partial charge < -0.3 is 33.2 Å². The normalized spacial score (nSPS) is 24.3. The third-order valence-corrected chi connectivity index (χ3v) is 7.11. The number of rotatable bonds is 11. The number of cyclic esters (lactones) is 1. The van der Waals surface area contributed by atoms with E-state index in [-0.39, 0.29) is 53.2 Å². The highest BCUT2D eigenvalue weighted by Gasteiger charge is 2.63. The summed E-state index contributed by atoms with van der Waals surface area (Å²) in [4.78, 5) is 77.5. The molecule has 2 heterocycles. The summed E-state index contributed by atoms with van der Waals surface area (Å²) in [5.41, 5.74) is 0.668. The van der Waals surface area contributed by atoms with Crippen LogP contribution in [0.1, 0.15) is 46.5 Å². The van der Waals surface area contributed by atoms with Crippen molar-refractivity contribution in [3.8, 4) is 0 Å². The average molecular weight is 691 g/mol. The van der Waals surface area contributed by atoms with Crippen LogP contribution in [0.4, 0.5) is 13.2 Å². The molecule has 0 spiro atoms. The van der Waals surface area contributed by atoms with E-state index < -0.39 is 73.8 Å². The van der Waals surface area contributed by atoms with E-state index in [4.69, 9.17) is 18.9 Å². The fraction of sp³-hybridized carbons (Fsp3) is 0.581. The maximum Gasteiger partial charge on any atom is 0.399 e. The Balaban J connectivity index is 0.000000259. The van der Waals surface area contributed by atoms with Crippen molar-refractivity contribution in [1.29, 1.82) is 0 Å². The van der Waals surface area contributed by atoms with E-state index in [2.05, 4.69) is 33.9 Å². The summed E-state index contributed by atoms with van der Waals surface area (Å²) in [7, 11) is 0. The van der Waals surface area contributed by atoms with Crippen molar-refractivity contribution in [3.05, 3.63) is 36.5 Å². The molecule has 2 saturated heterocycles. The number of fused-ring (bicyclic) bond motifs is 1. The first-order valence-corrected chi connectivity index (χ1v) is 14.6. The second kappa shape index (κ2) is 17.5. The van der Waals surface area contributed by atoms with Gasteiger partial charge >= 0.3 is 48.0 Å². The van der Waals surface area contributed by atoms with Gasteiger partial charge in [-0.3, -0.25) is 9.59 Å². The van der Waals surface area contributed by atoms with Crippen LogP contribution in [0.3, 0.4) is 0 Å². The minimum absolute atomic E-state index is 0.0128. The van der Waals surface area contributed by atoms with Crippen LogP contribution in [0, 0.1) is 17.8 Å². The molecule has 2 saturated carbocycles. The van der Waals surface area contributed by atoms with Crippen molar-refractivity contribution in [2.75, 3.05) is 26.4 Å². The standard InChI is InChI=1S/C14H16O6.C9H11F3O4.C8H10O4/c1-6(2)13(16)18-5-10(15)19-11-7-3-8-9(4-7)14(17)20-12(8)11;1-6(2)8(14)16-4-3-15-7(13)5-9(10,11)12;1-5(2)7(9)12-6-3-4-11-8(6)10/h7-9,11-12H,1,3-5H2,2H3;1,3-5H2,2H3;6H,1,3-4H2,2H3. The molecule has 0 N–H and O–H groups in total. The third-order valence-electron chi connectivity index (χ3n) is 7.11. The molecule has 0 aromatic heterocycles. The van der Waals surface area contributed by atoms with Gasteiger partial charge in [0.2, 0.25) is 6.10 Å².